The summed E-state index contributed by atoms with van der Waals surface area (Å²) in [7, 11) is 0. The Balaban J connectivity index is 1.51. The van der Waals surface area contributed by atoms with Gasteiger partial charge in [-0.25, -0.2) is 0 Å². The average molecular weight is 251 g/mol. The van der Waals surface area contributed by atoms with Crippen molar-refractivity contribution in [1.82, 2.24) is 10.2 Å². The normalized spacial score (nSPS) is 34.7. The maximum Gasteiger partial charge on any atom is 0.222 e. The zero-order chi connectivity index (χ0) is 12.6. The van der Waals surface area contributed by atoms with Crippen molar-refractivity contribution in [2.24, 2.45) is 5.73 Å². The molecule has 4 heteroatoms. The van der Waals surface area contributed by atoms with E-state index in [4.69, 9.17) is 5.73 Å². The number of nitrogens with two attached hydrogens (primary N) is 1. The smallest absolute Gasteiger partial charge is 0.222 e. The Morgan fingerprint density at radius 3 is 2.78 bits per heavy atom. The quantitative estimate of drug-likeness (QED) is 0.787. The highest BCUT2D eigenvalue weighted by Crippen LogP contribution is 2.32. The summed E-state index contributed by atoms with van der Waals surface area (Å²) < 4.78 is 0. The summed E-state index contributed by atoms with van der Waals surface area (Å²) >= 11 is 0. The van der Waals surface area contributed by atoms with E-state index < -0.39 is 0 Å². The third kappa shape index (κ3) is 2.41. The van der Waals surface area contributed by atoms with Gasteiger partial charge in [0.15, 0.2) is 0 Å². The predicted molar refractivity (Wildman–Crippen MR) is 71.1 cm³/mol. The Kier molecular flexibility index (Phi) is 3.32. The molecular weight excluding hydrogens is 226 g/mol. The summed E-state index contributed by atoms with van der Waals surface area (Å²) in [5.41, 5.74) is 5.95. The highest BCUT2D eigenvalue weighted by molar-refractivity contribution is 5.77. The van der Waals surface area contributed by atoms with Gasteiger partial charge in [0.05, 0.1) is 0 Å². The molecule has 0 radical (unpaired) electrons. The fourth-order valence-electron chi connectivity index (χ4n) is 3.80. The maximum absolute atomic E-state index is 12.1. The fourth-order valence-corrected chi connectivity index (χ4v) is 3.80. The summed E-state index contributed by atoms with van der Waals surface area (Å²) in [4.78, 5) is 14.6. The second-order valence-electron chi connectivity index (χ2n) is 6.45. The molecule has 2 aliphatic heterocycles. The van der Waals surface area contributed by atoms with Gasteiger partial charge in [0.2, 0.25) is 5.91 Å². The van der Waals surface area contributed by atoms with Crippen LogP contribution in [0.15, 0.2) is 0 Å². The second-order valence-corrected chi connectivity index (χ2v) is 6.45. The molecule has 2 unspecified atom stereocenters. The number of piperidine rings is 1. The van der Waals surface area contributed by atoms with E-state index in [1.54, 1.807) is 0 Å². The lowest BCUT2D eigenvalue weighted by molar-refractivity contribution is -0.123. The van der Waals surface area contributed by atoms with E-state index in [1.165, 1.54) is 32.2 Å². The van der Waals surface area contributed by atoms with Crippen LogP contribution < -0.4 is 11.1 Å². The Morgan fingerprint density at radius 1 is 1.22 bits per heavy atom. The number of nitrogens with one attached hydrogen (secondary N) is 1. The van der Waals surface area contributed by atoms with Crippen LogP contribution in [-0.4, -0.2) is 41.5 Å². The van der Waals surface area contributed by atoms with Crippen molar-refractivity contribution in [3.05, 3.63) is 0 Å². The highest BCUT2D eigenvalue weighted by Gasteiger charge is 2.38. The molecule has 1 saturated carbocycles. The number of carbonyl (C=O) groups excluding carboxylic acids is 1. The molecule has 1 aliphatic carbocycles. The van der Waals surface area contributed by atoms with Crippen LogP contribution >= 0.6 is 0 Å². The van der Waals surface area contributed by atoms with Crippen LogP contribution in [0.4, 0.5) is 0 Å². The van der Waals surface area contributed by atoms with Gasteiger partial charge < -0.3 is 11.1 Å². The number of hydrogen-bond donors (Lipinski definition) is 2. The van der Waals surface area contributed by atoms with Gasteiger partial charge in [-0.15, -0.1) is 0 Å². The molecule has 1 amide bonds. The Bertz CT molecular complexity index is 327. The number of amides is 1. The lowest BCUT2D eigenvalue weighted by atomic mass is 9.75. The topological polar surface area (TPSA) is 58.4 Å². The van der Waals surface area contributed by atoms with Crippen LogP contribution in [0.5, 0.6) is 0 Å². The minimum Gasteiger partial charge on any atom is -0.352 e. The van der Waals surface area contributed by atoms with Crippen LogP contribution in [0.25, 0.3) is 0 Å². The van der Waals surface area contributed by atoms with Gasteiger partial charge >= 0.3 is 0 Å². The molecule has 2 heterocycles. The van der Waals surface area contributed by atoms with Crippen molar-refractivity contribution in [3.8, 4) is 0 Å². The minimum absolute atomic E-state index is 0.176. The first-order chi connectivity index (χ1) is 8.66. The van der Waals surface area contributed by atoms with Crippen LogP contribution in [0, 0.1) is 0 Å². The largest absolute Gasteiger partial charge is 0.352 e. The van der Waals surface area contributed by atoms with E-state index >= 15 is 0 Å². The molecular formula is C14H25N3O. The number of nitrogens with zero attached hydrogens (tertiary/aromatic N) is 1. The molecule has 2 saturated heterocycles. The van der Waals surface area contributed by atoms with Crippen molar-refractivity contribution in [1.29, 1.82) is 0 Å². The SMILES string of the molecule is NC1(CC(=O)NC2CCN3CCCCC23)CCC1. The molecule has 102 valence electrons. The minimum atomic E-state index is -0.186. The number of fused-ring (bicyclic) bond motifs is 1. The monoisotopic (exact) mass is 251 g/mol. The maximum atomic E-state index is 12.1. The summed E-state index contributed by atoms with van der Waals surface area (Å²) in [6.45, 7) is 2.38. The van der Waals surface area contributed by atoms with Crippen molar-refractivity contribution < 1.29 is 4.79 Å². The van der Waals surface area contributed by atoms with Gasteiger partial charge in [0.25, 0.3) is 0 Å². The Labute approximate surface area is 109 Å². The second kappa shape index (κ2) is 4.82. The van der Waals surface area contributed by atoms with Crippen LogP contribution in [0.3, 0.4) is 0 Å². The first-order valence-electron chi connectivity index (χ1n) is 7.49. The van der Waals surface area contributed by atoms with Gasteiger partial charge in [-0.3, -0.25) is 9.69 Å². The van der Waals surface area contributed by atoms with Crippen molar-refractivity contribution in [2.45, 2.75) is 69.0 Å². The van der Waals surface area contributed by atoms with Crippen molar-refractivity contribution >= 4 is 5.91 Å². The zero-order valence-electron chi connectivity index (χ0n) is 11.2. The lowest BCUT2D eigenvalue weighted by Crippen LogP contribution is -2.53. The van der Waals surface area contributed by atoms with Gasteiger partial charge in [-0.05, 0) is 45.1 Å². The van der Waals surface area contributed by atoms with Gasteiger partial charge in [-0.1, -0.05) is 6.42 Å². The predicted octanol–water partition coefficient (Wildman–Crippen LogP) is 1.00. The fraction of sp³-hybridized carbons (Fsp3) is 0.929. The number of rotatable bonds is 3. The van der Waals surface area contributed by atoms with E-state index in [2.05, 4.69) is 10.2 Å². The molecule has 0 aromatic rings. The first-order valence-corrected chi connectivity index (χ1v) is 7.49. The highest BCUT2D eigenvalue weighted by atomic mass is 16.1. The van der Waals surface area contributed by atoms with Gasteiger partial charge in [0.1, 0.15) is 0 Å². The zero-order valence-corrected chi connectivity index (χ0v) is 11.2. The van der Waals surface area contributed by atoms with Crippen molar-refractivity contribution in [2.75, 3.05) is 13.1 Å². The molecule has 2 atom stereocenters. The summed E-state index contributed by atoms with van der Waals surface area (Å²) in [5.74, 6) is 0.176. The van der Waals surface area contributed by atoms with Crippen LogP contribution in [0.2, 0.25) is 0 Å². The summed E-state index contributed by atoms with van der Waals surface area (Å²) in [6.07, 6.45) is 8.74. The van der Waals surface area contributed by atoms with E-state index in [9.17, 15) is 4.79 Å². The third-order valence-electron chi connectivity index (χ3n) is 5.06. The third-order valence-corrected chi connectivity index (χ3v) is 5.06. The van der Waals surface area contributed by atoms with E-state index in [0.717, 1.165) is 25.8 Å². The lowest BCUT2D eigenvalue weighted by Gasteiger charge is -2.38. The van der Waals surface area contributed by atoms with Gasteiger partial charge in [-0.2, -0.15) is 0 Å². The first kappa shape index (κ1) is 12.4. The van der Waals surface area contributed by atoms with Crippen LogP contribution in [-0.2, 0) is 4.79 Å². The molecule has 3 aliphatic rings. The molecule has 0 aromatic heterocycles. The van der Waals surface area contributed by atoms with E-state index in [-0.39, 0.29) is 11.4 Å². The molecule has 0 aromatic carbocycles. The molecule has 0 bridgehead atoms. The summed E-state index contributed by atoms with van der Waals surface area (Å²) in [5, 5.41) is 3.24. The average Bonchev–Trinajstić information content (AvgIpc) is 2.71. The Hall–Kier alpha value is -0.610. The Morgan fingerprint density at radius 2 is 2.06 bits per heavy atom. The molecule has 18 heavy (non-hydrogen) atoms. The molecule has 4 nitrogen and oxygen atoms in total. The van der Waals surface area contributed by atoms with Gasteiger partial charge in [0, 0.05) is 30.6 Å². The molecule has 0 spiro atoms. The van der Waals surface area contributed by atoms with Crippen LogP contribution in [0.1, 0.15) is 51.4 Å². The van der Waals surface area contributed by atoms with E-state index in [0.29, 0.717) is 18.5 Å². The standard InChI is InChI=1S/C14H25N3O/c15-14(6-3-7-14)10-13(18)16-11-5-9-17-8-2-1-4-12(11)17/h11-12H,1-10,15H2,(H,16,18). The van der Waals surface area contributed by atoms with E-state index in [1.807, 2.05) is 0 Å². The summed E-state index contributed by atoms with van der Waals surface area (Å²) in [6, 6.07) is 0.972. The molecule has 3 rings (SSSR count). The molecule has 3 N–H and O–H groups in total. The number of hydrogen-bond acceptors (Lipinski definition) is 3. The molecule has 3 fully saturated rings. The number of carbonyl (C=O) groups is 1. The van der Waals surface area contributed by atoms with Crippen molar-refractivity contribution in [3.63, 3.8) is 0 Å².